The largest absolute Gasteiger partial charge is 0.412 e. The van der Waals surface area contributed by atoms with Gasteiger partial charge in [-0.25, -0.2) is 5.26 Å². The Balaban J connectivity index is -0.000000513. The van der Waals surface area contributed by atoms with Gasteiger partial charge in [-0.05, 0) is 69.2 Å². The predicted molar refractivity (Wildman–Crippen MR) is 144 cm³/mol. The number of rotatable bonds is 0. The normalized spacial score (nSPS) is 29.0. The number of ether oxygens (including phenoxy) is 6. The smallest absolute Gasteiger partial charge is 0.258 e. The van der Waals surface area contributed by atoms with Crippen molar-refractivity contribution in [3.63, 3.8) is 0 Å². The molecule has 0 amide bonds. The Hall–Kier alpha value is -1.99. The monoisotopic (exact) mass is 566 g/mol. The lowest BCUT2D eigenvalue weighted by atomic mass is 9.99. The standard InChI is InChI=1S/C12H18O6.C5H10O.C5H10.C2H5NO2.C2H3N.2H2O/c1-10(2)15-6-12(18-10)9(13)8-7(5-14-12)16-11(3,4)17-8;1-4-5(2,3)6-4;1-4-5(2)3;1-2(3)5-4;1-2-3;;/h7-8H,5-6H2,1-4H3;4H,1-3H3;4H,1-3H3;3-4H,1H3;1H3;2*1H2. The van der Waals surface area contributed by atoms with Crippen molar-refractivity contribution in [3.05, 3.63) is 11.6 Å². The molecule has 4 heterocycles. The molecule has 0 saturated carbocycles. The third-order valence-corrected chi connectivity index (χ3v) is 5.44. The van der Waals surface area contributed by atoms with Crippen LogP contribution in [0, 0.1) is 16.7 Å². The molecule has 4 atom stereocenters. The molecule has 4 aliphatic heterocycles. The minimum absolute atomic E-state index is 0. The van der Waals surface area contributed by atoms with Gasteiger partial charge in [0.05, 0.1) is 24.4 Å². The predicted octanol–water partition coefficient (Wildman–Crippen LogP) is 3.09. The second-order valence-electron chi connectivity index (χ2n) is 10.4. The van der Waals surface area contributed by atoms with Crippen LogP contribution in [0.2, 0.25) is 0 Å². The maximum atomic E-state index is 12.5. The fraction of sp³-hybridized carbons (Fsp3) is 0.808. The number of fused-ring (bicyclic) bond motifs is 1. The number of hydrogen-bond acceptors (Lipinski definition) is 11. The molecule has 0 aromatic carbocycles. The molecule has 0 radical (unpaired) electrons. The first-order valence-electron chi connectivity index (χ1n) is 12.1. The summed E-state index contributed by atoms with van der Waals surface area (Å²) in [4.78, 5) is 15.8. The van der Waals surface area contributed by atoms with E-state index in [4.69, 9.17) is 44.3 Å². The third-order valence-electron chi connectivity index (χ3n) is 5.44. The zero-order valence-electron chi connectivity index (χ0n) is 25.4. The summed E-state index contributed by atoms with van der Waals surface area (Å²) in [6.07, 6.45) is 1.56. The van der Waals surface area contributed by atoms with Crippen LogP contribution in [0.25, 0.3) is 0 Å². The number of allylic oxidation sites excluding steroid dienone is 2. The summed E-state index contributed by atoms with van der Waals surface area (Å²) < 4.78 is 33.0. The maximum absolute atomic E-state index is 12.5. The maximum Gasteiger partial charge on any atom is 0.258 e. The zero-order chi connectivity index (χ0) is 29.2. The molecule has 4 fully saturated rings. The highest BCUT2D eigenvalue weighted by Gasteiger charge is 2.62. The average molecular weight is 567 g/mol. The molecule has 4 rings (SSSR count). The summed E-state index contributed by atoms with van der Waals surface area (Å²) >= 11 is 0. The zero-order valence-corrected chi connectivity index (χ0v) is 25.4. The molecule has 4 aliphatic rings. The molecule has 4 unspecified atom stereocenters. The minimum Gasteiger partial charge on any atom is -0.412 e. The van der Waals surface area contributed by atoms with E-state index in [-0.39, 0.29) is 47.6 Å². The Morgan fingerprint density at radius 1 is 1.05 bits per heavy atom. The van der Waals surface area contributed by atoms with Crippen molar-refractivity contribution < 1.29 is 54.3 Å². The van der Waals surface area contributed by atoms with Crippen LogP contribution in [-0.4, -0.2) is 82.4 Å². The van der Waals surface area contributed by atoms with Crippen molar-refractivity contribution in [2.45, 2.75) is 124 Å². The van der Waals surface area contributed by atoms with Crippen LogP contribution in [0.5, 0.6) is 0 Å². The van der Waals surface area contributed by atoms with E-state index in [0.29, 0.717) is 6.10 Å². The summed E-state index contributed by atoms with van der Waals surface area (Å²) in [5, 5.41) is 21.0. The molecule has 0 bridgehead atoms. The number of epoxide rings is 1. The molecule has 0 aromatic heterocycles. The van der Waals surface area contributed by atoms with Crippen LogP contribution in [0.15, 0.2) is 11.6 Å². The number of Topliss-reactive ketones (excluding diaryl/α,β-unsaturated/α-hetero) is 1. The van der Waals surface area contributed by atoms with Gasteiger partial charge in [0.1, 0.15) is 12.7 Å². The number of nitrogens with zero attached hydrogens (tertiary/aromatic N) is 1. The summed E-state index contributed by atoms with van der Waals surface area (Å²) in [5.41, 5.74) is 1.59. The third kappa shape index (κ3) is 14.3. The molecule has 39 heavy (non-hydrogen) atoms. The number of ketones is 1. The van der Waals surface area contributed by atoms with Crippen LogP contribution in [-0.2, 0) is 38.1 Å². The van der Waals surface area contributed by atoms with Gasteiger partial charge in [0, 0.05) is 13.8 Å². The van der Waals surface area contributed by atoms with Crippen molar-refractivity contribution >= 4 is 11.7 Å². The number of nitrogens with one attached hydrogen (secondary N) is 1. The summed E-state index contributed by atoms with van der Waals surface area (Å²) in [6.45, 7) is 22.7. The lowest BCUT2D eigenvalue weighted by molar-refractivity contribution is -0.263. The first kappa shape index (κ1) is 41.5. The van der Waals surface area contributed by atoms with E-state index in [2.05, 4.69) is 45.6 Å². The van der Waals surface area contributed by atoms with Gasteiger partial charge in [0.2, 0.25) is 11.7 Å². The fourth-order valence-corrected chi connectivity index (χ4v) is 3.02. The van der Waals surface area contributed by atoms with Gasteiger partial charge in [-0.1, -0.05) is 11.6 Å². The molecule has 6 N–H and O–H groups in total. The van der Waals surface area contributed by atoms with E-state index < -0.39 is 23.5 Å². The van der Waals surface area contributed by atoms with Crippen LogP contribution in [0.1, 0.15) is 83.1 Å². The van der Waals surface area contributed by atoms with Crippen LogP contribution >= 0.6 is 0 Å². The topological polar surface area (TPSA) is 216 Å². The van der Waals surface area contributed by atoms with Crippen LogP contribution < -0.4 is 0 Å². The Labute approximate surface area is 232 Å². The lowest BCUT2D eigenvalue weighted by Crippen LogP contribution is -2.58. The van der Waals surface area contributed by atoms with Gasteiger partial charge in [-0.3, -0.25) is 10.2 Å². The molecule has 230 valence electrons. The minimum atomic E-state index is -1.34. The number of carbonyl (C=O) groups is 1. The van der Waals surface area contributed by atoms with Crippen molar-refractivity contribution in [1.29, 1.82) is 10.7 Å². The molecule has 1 spiro atoms. The summed E-state index contributed by atoms with van der Waals surface area (Å²) in [7, 11) is 0. The fourth-order valence-electron chi connectivity index (χ4n) is 3.02. The van der Waals surface area contributed by atoms with Gasteiger partial charge < -0.3 is 44.3 Å². The number of hydrogen-bond donors (Lipinski definition) is 2. The van der Waals surface area contributed by atoms with Crippen LogP contribution in [0.3, 0.4) is 0 Å². The summed E-state index contributed by atoms with van der Waals surface area (Å²) in [6, 6.07) is 1.75. The number of carbonyl (C=O) groups excluding carboxylic acids is 1. The van der Waals surface area contributed by atoms with Gasteiger partial charge >= 0.3 is 0 Å². The van der Waals surface area contributed by atoms with Crippen molar-refractivity contribution in [2.75, 3.05) is 13.2 Å². The molecule has 13 nitrogen and oxygen atoms in total. The molecule has 13 heteroatoms. The Kier molecular flexibility index (Phi) is 18.0. The van der Waals surface area contributed by atoms with Gasteiger partial charge in [-0.2, -0.15) is 5.26 Å². The van der Waals surface area contributed by atoms with Crippen molar-refractivity contribution in [3.8, 4) is 6.07 Å². The second kappa shape index (κ2) is 17.0. The van der Waals surface area contributed by atoms with E-state index in [9.17, 15) is 4.79 Å². The van der Waals surface area contributed by atoms with Gasteiger partial charge in [-0.15, -0.1) is 0 Å². The summed E-state index contributed by atoms with van der Waals surface area (Å²) in [5.74, 6) is -3.37. The van der Waals surface area contributed by atoms with E-state index in [1.807, 2.05) is 6.92 Å². The van der Waals surface area contributed by atoms with Crippen molar-refractivity contribution in [2.24, 2.45) is 0 Å². The van der Waals surface area contributed by atoms with E-state index in [1.54, 1.807) is 33.8 Å². The Bertz CT molecular complexity index is 830. The molecule has 0 aliphatic carbocycles. The Morgan fingerprint density at radius 2 is 1.46 bits per heavy atom. The first-order valence-corrected chi connectivity index (χ1v) is 12.1. The molecule has 4 saturated heterocycles. The first-order chi connectivity index (χ1) is 16.8. The van der Waals surface area contributed by atoms with Crippen molar-refractivity contribution in [1.82, 2.24) is 0 Å². The van der Waals surface area contributed by atoms with Gasteiger partial charge in [0.25, 0.3) is 5.79 Å². The highest BCUT2D eigenvalue weighted by molar-refractivity contribution is 5.92. The highest BCUT2D eigenvalue weighted by Crippen LogP contribution is 2.41. The van der Waals surface area contributed by atoms with Crippen LogP contribution in [0.4, 0.5) is 0 Å². The molecule has 0 aromatic rings. The average Bonchev–Trinajstić information content (AvgIpc) is 3.07. The Morgan fingerprint density at radius 3 is 1.74 bits per heavy atom. The SMILES string of the molecule is CC#N.CC(=N)OO.CC1(C)OC2COC3(COC(C)(C)O3)C(=O)C2O1.CC1OC1(C)C.CC=C(C)C.O.O. The molecular formula is C26H50N2O11. The molecular weight excluding hydrogens is 516 g/mol. The lowest BCUT2D eigenvalue weighted by Gasteiger charge is -2.35. The highest BCUT2D eigenvalue weighted by atomic mass is 17.1. The van der Waals surface area contributed by atoms with E-state index >= 15 is 0 Å². The second-order valence-corrected chi connectivity index (χ2v) is 10.4. The van der Waals surface area contributed by atoms with E-state index in [0.717, 1.165) is 0 Å². The quantitative estimate of drug-likeness (QED) is 0.109. The van der Waals surface area contributed by atoms with E-state index in [1.165, 1.54) is 19.4 Å². The number of nitriles is 1. The van der Waals surface area contributed by atoms with Gasteiger partial charge in [0.15, 0.2) is 17.7 Å².